The van der Waals surface area contributed by atoms with E-state index in [4.69, 9.17) is 9.97 Å². The van der Waals surface area contributed by atoms with Crippen molar-refractivity contribution in [2.75, 3.05) is 0 Å². The van der Waals surface area contributed by atoms with E-state index < -0.39 is 5.41 Å². The lowest BCUT2D eigenvalue weighted by Gasteiger charge is -2.48. The van der Waals surface area contributed by atoms with Crippen LogP contribution in [0.3, 0.4) is 0 Å². The van der Waals surface area contributed by atoms with Crippen LogP contribution in [0.5, 0.6) is 0 Å². The van der Waals surface area contributed by atoms with Crippen molar-refractivity contribution in [3.05, 3.63) is 108 Å². The maximum atomic E-state index is 13.1. The smallest absolute Gasteiger partial charge is 0.134 e. The number of hydrogen-bond donors (Lipinski definition) is 0. The van der Waals surface area contributed by atoms with Gasteiger partial charge in [-0.3, -0.25) is 24.7 Å². The lowest BCUT2D eigenvalue weighted by molar-refractivity contribution is -0.122. The Kier molecular flexibility index (Phi) is 4.03. The molecule has 0 aliphatic heterocycles. The first-order chi connectivity index (χ1) is 15.3. The van der Waals surface area contributed by atoms with E-state index in [1.54, 1.807) is 12.4 Å². The van der Waals surface area contributed by atoms with Crippen LogP contribution in [-0.2, 0) is 10.2 Å². The number of carbonyl (C=O) groups is 1. The Bertz CT molecular complexity index is 1170. The number of aromatic nitrogens is 4. The molecule has 2 atom stereocenters. The van der Waals surface area contributed by atoms with Crippen molar-refractivity contribution < 1.29 is 4.79 Å². The molecule has 6 rings (SSSR count). The average Bonchev–Trinajstić information content (AvgIpc) is 3.13. The van der Waals surface area contributed by atoms with Crippen LogP contribution < -0.4 is 0 Å². The van der Waals surface area contributed by atoms with Crippen LogP contribution in [-0.4, -0.2) is 25.7 Å². The van der Waals surface area contributed by atoms with Crippen LogP contribution in [0.2, 0.25) is 0 Å². The minimum atomic E-state index is -0.489. The molecule has 1 fully saturated rings. The summed E-state index contributed by atoms with van der Waals surface area (Å²) in [6.07, 6.45) is 11.7. The SMILES string of the molecule is O=C1C[C@H](c2ccncc2)C2(c3ccccc3-c3nccnc32)[C@@H](c2ccncc2)C1. The quantitative estimate of drug-likeness (QED) is 0.493. The Morgan fingerprint density at radius 3 is 1.94 bits per heavy atom. The summed E-state index contributed by atoms with van der Waals surface area (Å²) in [5.74, 6) is 0.145. The van der Waals surface area contributed by atoms with E-state index in [9.17, 15) is 4.79 Å². The van der Waals surface area contributed by atoms with E-state index in [1.165, 1.54) is 5.56 Å². The predicted octanol–water partition coefficient (Wildman–Crippen LogP) is 4.46. The zero-order chi connectivity index (χ0) is 20.8. The molecule has 2 aliphatic carbocycles. The standard InChI is InChI=1S/C26H20N4O/c31-19-15-22(17-5-9-27-10-6-17)26(23(16-19)18-7-11-28-12-8-18)21-4-2-1-3-20(21)24-25(26)30-14-13-29-24/h1-14,22-23H,15-16H2/t22-,23-/m1/s1. The van der Waals surface area contributed by atoms with Gasteiger partial charge in [-0.25, -0.2) is 0 Å². The summed E-state index contributed by atoms with van der Waals surface area (Å²) in [5, 5.41) is 0. The van der Waals surface area contributed by atoms with E-state index in [0.717, 1.165) is 28.1 Å². The van der Waals surface area contributed by atoms with Crippen molar-refractivity contribution in [2.45, 2.75) is 30.1 Å². The highest BCUT2D eigenvalue weighted by Gasteiger charge is 2.58. The van der Waals surface area contributed by atoms with Crippen LogP contribution in [0.4, 0.5) is 0 Å². The van der Waals surface area contributed by atoms with Crippen LogP contribution in [0.15, 0.2) is 85.7 Å². The molecule has 5 nitrogen and oxygen atoms in total. The van der Waals surface area contributed by atoms with Gasteiger partial charge < -0.3 is 0 Å². The molecule has 0 saturated heterocycles. The lowest BCUT2D eigenvalue weighted by Crippen LogP contribution is -2.45. The van der Waals surface area contributed by atoms with Gasteiger partial charge in [0.15, 0.2) is 0 Å². The minimum Gasteiger partial charge on any atom is -0.300 e. The molecule has 2 aliphatic rings. The first kappa shape index (κ1) is 18.1. The second kappa shape index (κ2) is 6.91. The maximum absolute atomic E-state index is 13.1. The number of carbonyl (C=O) groups excluding carboxylic acids is 1. The van der Waals surface area contributed by atoms with Crippen molar-refractivity contribution >= 4 is 5.78 Å². The fraction of sp³-hybridized carbons (Fsp3) is 0.192. The van der Waals surface area contributed by atoms with Crippen LogP contribution >= 0.6 is 0 Å². The van der Waals surface area contributed by atoms with Crippen molar-refractivity contribution in [2.24, 2.45) is 0 Å². The molecule has 0 bridgehead atoms. The van der Waals surface area contributed by atoms with E-state index in [0.29, 0.717) is 12.8 Å². The summed E-state index contributed by atoms with van der Waals surface area (Å²) in [6, 6.07) is 16.6. The summed E-state index contributed by atoms with van der Waals surface area (Å²) in [6.45, 7) is 0. The van der Waals surface area contributed by atoms with Crippen molar-refractivity contribution in [3.63, 3.8) is 0 Å². The third-order valence-corrected chi connectivity index (χ3v) is 6.90. The van der Waals surface area contributed by atoms with E-state index in [2.05, 4.69) is 28.2 Å². The molecule has 150 valence electrons. The monoisotopic (exact) mass is 404 g/mol. The molecular formula is C26H20N4O. The van der Waals surface area contributed by atoms with Gasteiger partial charge in [0.05, 0.1) is 16.8 Å². The first-order valence-electron chi connectivity index (χ1n) is 10.5. The van der Waals surface area contributed by atoms with Crippen molar-refractivity contribution in [3.8, 4) is 11.3 Å². The number of pyridine rings is 2. The average molecular weight is 404 g/mol. The Morgan fingerprint density at radius 2 is 1.29 bits per heavy atom. The number of rotatable bonds is 2. The molecule has 1 saturated carbocycles. The number of benzene rings is 1. The highest BCUT2D eigenvalue weighted by Crippen LogP contribution is 2.64. The van der Waals surface area contributed by atoms with Crippen molar-refractivity contribution in [1.82, 2.24) is 19.9 Å². The molecule has 1 aromatic carbocycles. The lowest BCUT2D eigenvalue weighted by atomic mass is 9.53. The van der Waals surface area contributed by atoms with E-state index in [1.807, 2.05) is 55.1 Å². The molecule has 0 amide bonds. The first-order valence-corrected chi connectivity index (χ1v) is 10.5. The molecule has 1 spiro atoms. The number of Topliss-reactive ketones (excluding diaryl/α,β-unsaturated/α-hetero) is 1. The van der Waals surface area contributed by atoms with Gasteiger partial charge in [0.1, 0.15) is 5.78 Å². The van der Waals surface area contributed by atoms with Crippen molar-refractivity contribution in [1.29, 1.82) is 0 Å². The zero-order valence-electron chi connectivity index (χ0n) is 16.8. The molecule has 4 aromatic rings. The summed E-state index contributed by atoms with van der Waals surface area (Å²) in [4.78, 5) is 31.2. The molecule has 3 aromatic heterocycles. The number of ketones is 1. The molecule has 0 N–H and O–H groups in total. The fourth-order valence-corrected chi connectivity index (χ4v) is 5.78. The second-order valence-electron chi connectivity index (χ2n) is 8.28. The Balaban J connectivity index is 1.73. The second-order valence-corrected chi connectivity index (χ2v) is 8.28. The van der Waals surface area contributed by atoms with Crippen LogP contribution in [0.25, 0.3) is 11.3 Å². The van der Waals surface area contributed by atoms with Gasteiger partial charge in [-0.05, 0) is 41.0 Å². The summed E-state index contributed by atoms with van der Waals surface area (Å²) in [5.41, 5.74) is 5.92. The van der Waals surface area contributed by atoms with Crippen LogP contribution in [0, 0.1) is 0 Å². The number of fused-ring (bicyclic) bond motifs is 5. The summed E-state index contributed by atoms with van der Waals surface area (Å²) < 4.78 is 0. The Hall–Kier alpha value is -3.73. The zero-order valence-corrected chi connectivity index (χ0v) is 16.8. The predicted molar refractivity (Wildman–Crippen MR) is 116 cm³/mol. The highest BCUT2D eigenvalue weighted by atomic mass is 16.1. The Morgan fingerprint density at radius 1 is 0.710 bits per heavy atom. The molecular weight excluding hydrogens is 384 g/mol. The largest absolute Gasteiger partial charge is 0.300 e. The third-order valence-electron chi connectivity index (χ3n) is 6.90. The number of hydrogen-bond acceptors (Lipinski definition) is 5. The molecule has 0 unspecified atom stereocenters. The number of nitrogens with zero attached hydrogens (tertiary/aromatic N) is 4. The topological polar surface area (TPSA) is 68.6 Å². The Labute approximate surface area is 180 Å². The van der Waals surface area contributed by atoms with Crippen LogP contribution in [0.1, 0.15) is 47.1 Å². The third kappa shape index (κ3) is 2.53. The molecule has 0 radical (unpaired) electrons. The van der Waals surface area contributed by atoms with Gasteiger partial charge in [0.25, 0.3) is 0 Å². The van der Waals surface area contributed by atoms with Gasteiger partial charge in [-0.15, -0.1) is 0 Å². The summed E-state index contributed by atoms with van der Waals surface area (Å²) >= 11 is 0. The van der Waals surface area contributed by atoms with E-state index in [-0.39, 0.29) is 17.6 Å². The van der Waals surface area contributed by atoms with Gasteiger partial charge in [0, 0.05) is 67.4 Å². The van der Waals surface area contributed by atoms with Gasteiger partial charge in [-0.2, -0.15) is 0 Å². The fourth-order valence-electron chi connectivity index (χ4n) is 5.78. The normalized spacial score (nSPS) is 21.0. The van der Waals surface area contributed by atoms with Gasteiger partial charge in [0.2, 0.25) is 0 Å². The molecule has 5 heteroatoms. The van der Waals surface area contributed by atoms with E-state index >= 15 is 0 Å². The maximum Gasteiger partial charge on any atom is 0.134 e. The van der Waals surface area contributed by atoms with Gasteiger partial charge >= 0.3 is 0 Å². The van der Waals surface area contributed by atoms with Gasteiger partial charge in [-0.1, -0.05) is 24.3 Å². The highest BCUT2D eigenvalue weighted by molar-refractivity contribution is 5.87. The molecule has 3 heterocycles. The summed E-state index contributed by atoms with van der Waals surface area (Å²) in [7, 11) is 0. The minimum absolute atomic E-state index is 0.0611. The molecule has 31 heavy (non-hydrogen) atoms.